The van der Waals surface area contributed by atoms with E-state index in [1.54, 1.807) is 0 Å². The third-order valence-corrected chi connectivity index (χ3v) is 4.26. The zero-order chi connectivity index (χ0) is 17.2. The van der Waals surface area contributed by atoms with E-state index in [0.29, 0.717) is 12.6 Å². The molecule has 0 amide bonds. The third kappa shape index (κ3) is 8.37. The predicted molar refractivity (Wildman–Crippen MR) is 116 cm³/mol. The van der Waals surface area contributed by atoms with E-state index in [2.05, 4.69) is 60.6 Å². The van der Waals surface area contributed by atoms with Gasteiger partial charge in [0.1, 0.15) is 0 Å². The maximum atomic E-state index is 5.42. The Bertz CT molecular complexity index is 518. The van der Waals surface area contributed by atoms with Crippen molar-refractivity contribution in [1.82, 2.24) is 15.5 Å². The fourth-order valence-electron chi connectivity index (χ4n) is 2.67. The van der Waals surface area contributed by atoms with E-state index in [0.717, 1.165) is 51.8 Å². The molecule has 0 aliphatic carbocycles. The molecule has 1 aromatic rings. The first-order valence-electron chi connectivity index (χ1n) is 9.14. The Morgan fingerprint density at radius 3 is 2.64 bits per heavy atom. The Kier molecular flexibility index (Phi) is 11.1. The van der Waals surface area contributed by atoms with Crippen LogP contribution < -0.4 is 10.6 Å². The second-order valence-electron chi connectivity index (χ2n) is 6.36. The molecular weight excluding hydrogens is 427 g/mol. The van der Waals surface area contributed by atoms with Gasteiger partial charge in [-0.15, -0.1) is 24.0 Å². The van der Waals surface area contributed by atoms with Crippen LogP contribution in [0, 0.1) is 0 Å². The molecule has 0 radical (unpaired) electrons. The minimum atomic E-state index is 0. The van der Waals surface area contributed by atoms with Crippen LogP contribution in [0.1, 0.15) is 38.3 Å². The summed E-state index contributed by atoms with van der Waals surface area (Å²) in [6.07, 6.45) is 1.08. The average Bonchev–Trinajstić information content (AvgIpc) is 2.61. The number of rotatable bonds is 7. The number of benzene rings is 1. The van der Waals surface area contributed by atoms with Gasteiger partial charge in [-0.05, 0) is 31.4 Å². The lowest BCUT2D eigenvalue weighted by Gasteiger charge is -2.26. The molecule has 1 aliphatic heterocycles. The maximum Gasteiger partial charge on any atom is 0.191 e. The molecule has 1 unspecified atom stereocenters. The van der Waals surface area contributed by atoms with Gasteiger partial charge in [0.15, 0.2) is 5.96 Å². The molecule has 0 spiro atoms. The normalized spacial score (nSPS) is 16.8. The van der Waals surface area contributed by atoms with Gasteiger partial charge in [-0.3, -0.25) is 4.90 Å². The Labute approximate surface area is 169 Å². The summed E-state index contributed by atoms with van der Waals surface area (Å²) in [4.78, 5) is 7.17. The number of ether oxygens (including phenoxy) is 1. The smallest absolute Gasteiger partial charge is 0.191 e. The van der Waals surface area contributed by atoms with Gasteiger partial charge < -0.3 is 15.4 Å². The SMILES string of the molecule is CCNC(=NCc1cccc(CN2CCOCC2)c1)NC(C)CC.I. The topological polar surface area (TPSA) is 48.9 Å². The molecule has 1 aromatic carbocycles. The van der Waals surface area contributed by atoms with Gasteiger partial charge in [-0.25, -0.2) is 4.99 Å². The Balaban J connectivity index is 0.00000312. The van der Waals surface area contributed by atoms with Gasteiger partial charge in [0.05, 0.1) is 19.8 Å². The largest absolute Gasteiger partial charge is 0.379 e. The molecule has 0 saturated carbocycles. The number of nitrogens with zero attached hydrogens (tertiary/aromatic N) is 2. The highest BCUT2D eigenvalue weighted by atomic mass is 127. The van der Waals surface area contributed by atoms with E-state index in [9.17, 15) is 0 Å². The van der Waals surface area contributed by atoms with Crippen molar-refractivity contribution in [3.8, 4) is 0 Å². The summed E-state index contributed by atoms with van der Waals surface area (Å²) in [6.45, 7) is 12.7. The lowest BCUT2D eigenvalue weighted by Crippen LogP contribution is -2.41. The first-order chi connectivity index (χ1) is 11.7. The van der Waals surface area contributed by atoms with Crippen molar-refractivity contribution < 1.29 is 4.74 Å². The lowest BCUT2D eigenvalue weighted by atomic mass is 10.1. The van der Waals surface area contributed by atoms with Crippen LogP contribution in [-0.2, 0) is 17.8 Å². The highest BCUT2D eigenvalue weighted by molar-refractivity contribution is 14.0. The van der Waals surface area contributed by atoms with Crippen molar-refractivity contribution in [2.24, 2.45) is 4.99 Å². The van der Waals surface area contributed by atoms with E-state index in [4.69, 9.17) is 9.73 Å². The fraction of sp³-hybridized carbons (Fsp3) is 0.632. The summed E-state index contributed by atoms with van der Waals surface area (Å²) in [5.41, 5.74) is 2.60. The molecule has 6 heteroatoms. The fourth-order valence-corrected chi connectivity index (χ4v) is 2.67. The van der Waals surface area contributed by atoms with E-state index in [1.165, 1.54) is 11.1 Å². The maximum absolute atomic E-state index is 5.42. The predicted octanol–water partition coefficient (Wildman–Crippen LogP) is 2.99. The second kappa shape index (κ2) is 12.5. The molecule has 0 aromatic heterocycles. The molecule has 25 heavy (non-hydrogen) atoms. The summed E-state index contributed by atoms with van der Waals surface area (Å²) in [7, 11) is 0. The quantitative estimate of drug-likeness (QED) is 0.373. The lowest BCUT2D eigenvalue weighted by molar-refractivity contribution is 0.0342. The zero-order valence-corrected chi connectivity index (χ0v) is 18.1. The van der Waals surface area contributed by atoms with E-state index in [1.807, 2.05) is 0 Å². The standard InChI is InChI=1S/C19H32N4O.HI/c1-4-16(3)22-19(20-5-2)21-14-17-7-6-8-18(13-17)15-23-9-11-24-12-10-23;/h6-8,13,16H,4-5,9-12,14-15H2,1-3H3,(H2,20,21,22);1H. The van der Waals surface area contributed by atoms with E-state index < -0.39 is 0 Å². The van der Waals surface area contributed by atoms with Gasteiger partial charge in [0.2, 0.25) is 0 Å². The molecule has 0 bridgehead atoms. The minimum absolute atomic E-state index is 0. The molecular formula is C19H33IN4O. The van der Waals surface area contributed by atoms with Crippen LogP contribution in [0.2, 0.25) is 0 Å². The van der Waals surface area contributed by atoms with E-state index in [-0.39, 0.29) is 24.0 Å². The Morgan fingerprint density at radius 1 is 1.24 bits per heavy atom. The molecule has 1 saturated heterocycles. The van der Waals surface area contributed by atoms with Crippen LogP contribution >= 0.6 is 24.0 Å². The van der Waals surface area contributed by atoms with Gasteiger partial charge in [-0.1, -0.05) is 31.2 Å². The van der Waals surface area contributed by atoms with Crippen molar-refractivity contribution >= 4 is 29.9 Å². The summed E-state index contributed by atoms with van der Waals surface area (Å²) in [5, 5.41) is 6.75. The van der Waals surface area contributed by atoms with Crippen molar-refractivity contribution in [2.75, 3.05) is 32.8 Å². The Hall–Kier alpha value is -0.860. The second-order valence-corrected chi connectivity index (χ2v) is 6.36. The molecule has 2 rings (SSSR count). The minimum Gasteiger partial charge on any atom is -0.379 e. The third-order valence-electron chi connectivity index (χ3n) is 4.26. The molecule has 142 valence electrons. The average molecular weight is 460 g/mol. The molecule has 5 nitrogen and oxygen atoms in total. The first-order valence-corrected chi connectivity index (χ1v) is 9.14. The van der Waals surface area contributed by atoms with Crippen molar-refractivity contribution in [3.63, 3.8) is 0 Å². The summed E-state index contributed by atoms with van der Waals surface area (Å²) >= 11 is 0. The number of hydrogen-bond donors (Lipinski definition) is 2. The van der Waals surface area contributed by atoms with Crippen LogP contribution in [0.15, 0.2) is 29.3 Å². The number of hydrogen-bond acceptors (Lipinski definition) is 3. The van der Waals surface area contributed by atoms with Crippen LogP contribution in [0.3, 0.4) is 0 Å². The molecule has 1 aliphatic rings. The van der Waals surface area contributed by atoms with Crippen LogP contribution in [0.5, 0.6) is 0 Å². The zero-order valence-electron chi connectivity index (χ0n) is 15.8. The van der Waals surface area contributed by atoms with Gasteiger partial charge in [-0.2, -0.15) is 0 Å². The highest BCUT2D eigenvalue weighted by Gasteiger charge is 2.10. The molecule has 1 fully saturated rings. The molecule has 1 heterocycles. The summed E-state index contributed by atoms with van der Waals surface area (Å²) in [6, 6.07) is 9.18. The highest BCUT2D eigenvalue weighted by Crippen LogP contribution is 2.11. The number of aliphatic imine (C=N–C) groups is 1. The molecule has 1 atom stereocenters. The van der Waals surface area contributed by atoms with Crippen molar-refractivity contribution in [2.45, 2.75) is 46.3 Å². The van der Waals surface area contributed by atoms with Gasteiger partial charge in [0.25, 0.3) is 0 Å². The van der Waals surface area contributed by atoms with Crippen molar-refractivity contribution in [3.05, 3.63) is 35.4 Å². The molecule has 2 N–H and O–H groups in total. The van der Waals surface area contributed by atoms with Crippen LogP contribution in [-0.4, -0.2) is 49.7 Å². The summed E-state index contributed by atoms with van der Waals surface area (Å²) < 4.78 is 5.42. The van der Waals surface area contributed by atoms with Gasteiger partial charge in [0, 0.05) is 32.2 Å². The van der Waals surface area contributed by atoms with E-state index >= 15 is 0 Å². The number of halogens is 1. The monoisotopic (exact) mass is 460 g/mol. The Morgan fingerprint density at radius 2 is 1.96 bits per heavy atom. The summed E-state index contributed by atoms with van der Waals surface area (Å²) in [5.74, 6) is 0.894. The van der Waals surface area contributed by atoms with Gasteiger partial charge >= 0.3 is 0 Å². The number of morpholine rings is 1. The first kappa shape index (κ1) is 22.2. The van der Waals surface area contributed by atoms with Crippen LogP contribution in [0.4, 0.5) is 0 Å². The number of guanidine groups is 1. The van der Waals surface area contributed by atoms with Crippen molar-refractivity contribution in [1.29, 1.82) is 0 Å². The van der Waals surface area contributed by atoms with Crippen LogP contribution in [0.25, 0.3) is 0 Å². The number of nitrogens with one attached hydrogen (secondary N) is 2.